The second-order valence-electron chi connectivity index (χ2n) is 6.55. The minimum atomic E-state index is -0.163. The number of carbonyl (C=O) groups is 1. The molecular formula is C20H25FN3O+. The molecule has 0 spiro atoms. The fourth-order valence-corrected chi connectivity index (χ4v) is 3.24. The van der Waals surface area contributed by atoms with Gasteiger partial charge in [0.05, 0.1) is 44.8 Å². The number of aryl methyl sites for hydroxylation is 1. The van der Waals surface area contributed by atoms with Crippen LogP contribution in [0.4, 0.5) is 15.8 Å². The second-order valence-corrected chi connectivity index (χ2v) is 6.55. The van der Waals surface area contributed by atoms with Crippen LogP contribution < -0.4 is 15.1 Å². The number of piperazine rings is 1. The van der Waals surface area contributed by atoms with E-state index in [9.17, 15) is 9.18 Å². The molecule has 4 nitrogen and oxygen atoms in total. The SMILES string of the molecule is Cc1ccccc1NC(=O)CC[NH+]1CCN(c2ccccc2F)CC1. The molecule has 2 aromatic carbocycles. The highest BCUT2D eigenvalue weighted by Gasteiger charge is 2.22. The first-order valence-corrected chi connectivity index (χ1v) is 8.82. The molecule has 0 radical (unpaired) electrons. The highest BCUT2D eigenvalue weighted by Crippen LogP contribution is 2.18. The number of benzene rings is 2. The van der Waals surface area contributed by atoms with Gasteiger partial charge in [-0.3, -0.25) is 4.79 Å². The number of carbonyl (C=O) groups excluding carboxylic acids is 1. The van der Waals surface area contributed by atoms with E-state index in [0.29, 0.717) is 12.1 Å². The summed E-state index contributed by atoms with van der Waals surface area (Å²) in [7, 11) is 0. The molecule has 0 aliphatic carbocycles. The average Bonchev–Trinajstić information content (AvgIpc) is 2.63. The number of hydrogen-bond donors (Lipinski definition) is 2. The number of para-hydroxylation sites is 2. The minimum Gasteiger partial charge on any atom is -0.358 e. The smallest absolute Gasteiger partial charge is 0.230 e. The van der Waals surface area contributed by atoms with E-state index in [2.05, 4.69) is 10.2 Å². The van der Waals surface area contributed by atoms with Gasteiger partial charge in [0, 0.05) is 5.69 Å². The van der Waals surface area contributed by atoms with Crippen molar-refractivity contribution >= 4 is 17.3 Å². The molecule has 5 heteroatoms. The molecule has 25 heavy (non-hydrogen) atoms. The Balaban J connectivity index is 1.44. The third kappa shape index (κ3) is 4.57. The molecule has 1 amide bonds. The van der Waals surface area contributed by atoms with Crippen LogP contribution in [0, 0.1) is 12.7 Å². The van der Waals surface area contributed by atoms with Crippen molar-refractivity contribution in [3.05, 3.63) is 59.9 Å². The van der Waals surface area contributed by atoms with Crippen molar-refractivity contribution < 1.29 is 14.1 Å². The topological polar surface area (TPSA) is 36.8 Å². The van der Waals surface area contributed by atoms with Gasteiger partial charge in [-0.25, -0.2) is 4.39 Å². The number of quaternary nitrogens is 1. The maximum Gasteiger partial charge on any atom is 0.230 e. The number of amides is 1. The van der Waals surface area contributed by atoms with Crippen LogP contribution in [-0.2, 0) is 4.79 Å². The Morgan fingerprint density at radius 2 is 1.80 bits per heavy atom. The zero-order valence-corrected chi connectivity index (χ0v) is 14.6. The lowest BCUT2D eigenvalue weighted by atomic mass is 10.2. The molecular weight excluding hydrogens is 317 g/mol. The number of rotatable bonds is 5. The summed E-state index contributed by atoms with van der Waals surface area (Å²) in [6, 6.07) is 14.7. The first-order valence-electron chi connectivity index (χ1n) is 8.82. The van der Waals surface area contributed by atoms with Crippen LogP contribution in [0.15, 0.2) is 48.5 Å². The number of nitrogens with zero attached hydrogens (tertiary/aromatic N) is 1. The fourth-order valence-electron chi connectivity index (χ4n) is 3.24. The van der Waals surface area contributed by atoms with Crippen molar-refractivity contribution in [2.24, 2.45) is 0 Å². The molecule has 1 heterocycles. The van der Waals surface area contributed by atoms with Crippen LogP contribution in [0.3, 0.4) is 0 Å². The summed E-state index contributed by atoms with van der Waals surface area (Å²) in [5, 5.41) is 2.98. The van der Waals surface area contributed by atoms with Gasteiger partial charge in [-0.2, -0.15) is 0 Å². The van der Waals surface area contributed by atoms with Crippen LogP contribution in [0.2, 0.25) is 0 Å². The van der Waals surface area contributed by atoms with E-state index < -0.39 is 0 Å². The van der Waals surface area contributed by atoms with Gasteiger partial charge in [-0.1, -0.05) is 30.3 Å². The first kappa shape index (κ1) is 17.4. The number of hydrogen-bond acceptors (Lipinski definition) is 2. The van der Waals surface area contributed by atoms with Gasteiger partial charge in [0.1, 0.15) is 5.82 Å². The summed E-state index contributed by atoms with van der Waals surface area (Å²) in [6.07, 6.45) is 0.503. The maximum absolute atomic E-state index is 13.9. The van der Waals surface area contributed by atoms with E-state index in [1.165, 1.54) is 11.0 Å². The summed E-state index contributed by atoms with van der Waals surface area (Å²) >= 11 is 0. The fraction of sp³-hybridized carbons (Fsp3) is 0.350. The molecule has 1 aliphatic heterocycles. The predicted octanol–water partition coefficient (Wildman–Crippen LogP) is 1.87. The molecule has 0 atom stereocenters. The Morgan fingerprint density at radius 3 is 2.52 bits per heavy atom. The monoisotopic (exact) mass is 342 g/mol. The van der Waals surface area contributed by atoms with Crippen LogP contribution >= 0.6 is 0 Å². The molecule has 3 rings (SSSR count). The van der Waals surface area contributed by atoms with Crippen LogP contribution in [0.25, 0.3) is 0 Å². The third-order valence-electron chi connectivity index (χ3n) is 4.79. The van der Waals surface area contributed by atoms with Gasteiger partial charge in [-0.05, 0) is 30.7 Å². The van der Waals surface area contributed by atoms with E-state index in [-0.39, 0.29) is 11.7 Å². The highest BCUT2D eigenvalue weighted by atomic mass is 19.1. The summed E-state index contributed by atoms with van der Waals surface area (Å²) in [6.45, 7) is 6.27. The van der Waals surface area contributed by atoms with Crippen molar-refractivity contribution in [1.29, 1.82) is 0 Å². The van der Waals surface area contributed by atoms with E-state index >= 15 is 0 Å². The molecule has 1 aliphatic rings. The maximum atomic E-state index is 13.9. The van der Waals surface area contributed by atoms with Gasteiger partial charge in [0.15, 0.2) is 0 Å². The Labute approximate surface area is 148 Å². The van der Waals surface area contributed by atoms with Crippen molar-refractivity contribution in [2.45, 2.75) is 13.3 Å². The molecule has 0 bridgehead atoms. The summed E-state index contributed by atoms with van der Waals surface area (Å²) < 4.78 is 13.9. The predicted molar refractivity (Wildman–Crippen MR) is 98.6 cm³/mol. The molecule has 1 saturated heterocycles. The van der Waals surface area contributed by atoms with E-state index in [1.807, 2.05) is 43.3 Å². The van der Waals surface area contributed by atoms with Crippen molar-refractivity contribution in [3.8, 4) is 0 Å². The Hall–Kier alpha value is -2.40. The first-order chi connectivity index (χ1) is 12.1. The van der Waals surface area contributed by atoms with E-state index in [0.717, 1.165) is 44.0 Å². The largest absolute Gasteiger partial charge is 0.358 e. The zero-order valence-electron chi connectivity index (χ0n) is 14.6. The van der Waals surface area contributed by atoms with Crippen LogP contribution in [0.1, 0.15) is 12.0 Å². The molecule has 0 unspecified atom stereocenters. The molecule has 2 aromatic rings. The standard InChI is InChI=1S/C20H24FN3O/c1-16-6-2-4-8-18(16)22-20(25)10-11-23-12-14-24(15-13-23)19-9-5-3-7-17(19)21/h2-9H,10-15H2,1H3,(H,22,25)/p+1. The van der Waals surface area contributed by atoms with E-state index in [4.69, 9.17) is 0 Å². The molecule has 0 saturated carbocycles. The average molecular weight is 342 g/mol. The molecule has 0 aromatic heterocycles. The number of nitrogens with one attached hydrogen (secondary N) is 2. The van der Waals surface area contributed by atoms with E-state index in [1.54, 1.807) is 6.07 Å². The zero-order chi connectivity index (χ0) is 17.6. The third-order valence-corrected chi connectivity index (χ3v) is 4.79. The van der Waals surface area contributed by atoms with Crippen molar-refractivity contribution in [2.75, 3.05) is 42.9 Å². The summed E-state index contributed by atoms with van der Waals surface area (Å²) in [4.78, 5) is 15.6. The van der Waals surface area contributed by atoms with Crippen LogP contribution in [-0.4, -0.2) is 38.6 Å². The minimum absolute atomic E-state index is 0.0540. The Morgan fingerprint density at radius 1 is 1.12 bits per heavy atom. The summed E-state index contributed by atoms with van der Waals surface area (Å²) in [5.41, 5.74) is 2.63. The van der Waals surface area contributed by atoms with Crippen molar-refractivity contribution in [3.63, 3.8) is 0 Å². The van der Waals surface area contributed by atoms with Gasteiger partial charge >= 0.3 is 0 Å². The number of halogens is 1. The van der Waals surface area contributed by atoms with Crippen molar-refractivity contribution in [1.82, 2.24) is 0 Å². The molecule has 2 N–H and O–H groups in total. The van der Waals surface area contributed by atoms with Gasteiger partial charge in [0.25, 0.3) is 0 Å². The molecule has 1 fully saturated rings. The lowest BCUT2D eigenvalue weighted by Crippen LogP contribution is -3.15. The Bertz CT molecular complexity index is 726. The van der Waals surface area contributed by atoms with Gasteiger partial charge in [0.2, 0.25) is 5.91 Å². The lowest BCUT2D eigenvalue weighted by molar-refractivity contribution is -0.900. The second kappa shape index (κ2) is 8.12. The summed E-state index contributed by atoms with van der Waals surface area (Å²) in [5.74, 6) is -0.109. The lowest BCUT2D eigenvalue weighted by Gasteiger charge is -2.33. The van der Waals surface area contributed by atoms with Gasteiger partial charge < -0.3 is 15.1 Å². The molecule has 132 valence electrons. The Kier molecular flexibility index (Phi) is 5.66. The number of anilines is 2. The van der Waals surface area contributed by atoms with Crippen LogP contribution in [0.5, 0.6) is 0 Å². The highest BCUT2D eigenvalue weighted by molar-refractivity contribution is 5.91. The quantitative estimate of drug-likeness (QED) is 0.870. The normalized spacial score (nSPS) is 15.2. The van der Waals surface area contributed by atoms with Gasteiger partial charge in [-0.15, -0.1) is 0 Å².